The molecule has 8 nitrogen and oxygen atoms in total. The molecule has 1 aromatic carbocycles. The molecule has 0 spiro atoms. The minimum absolute atomic E-state index is 0.238. The van der Waals surface area contributed by atoms with Crippen LogP contribution in [-0.4, -0.2) is 26.6 Å². The number of hydrogen-bond donors (Lipinski definition) is 2. The number of aryl methyl sites for hydroxylation is 2. The molecule has 158 valence electrons. The molecule has 8 heteroatoms. The normalized spacial score (nSPS) is 10.9. The highest BCUT2D eigenvalue weighted by molar-refractivity contribution is 6.07. The topological polar surface area (TPSA) is 102 Å². The van der Waals surface area contributed by atoms with Crippen LogP contribution in [0.15, 0.2) is 53.1 Å². The van der Waals surface area contributed by atoms with Gasteiger partial charge in [-0.15, -0.1) is 0 Å². The van der Waals surface area contributed by atoms with Gasteiger partial charge in [-0.1, -0.05) is 18.2 Å². The van der Waals surface area contributed by atoms with E-state index in [2.05, 4.69) is 20.9 Å². The molecule has 31 heavy (non-hydrogen) atoms. The number of aromatic nitrogens is 3. The monoisotopic (exact) mass is 417 g/mol. The lowest BCUT2D eigenvalue weighted by atomic mass is 10.1. The molecule has 0 radical (unpaired) electrons. The molecule has 0 atom stereocenters. The maximum atomic E-state index is 12.9. The number of nitrogens with one attached hydrogen (secondary N) is 2. The minimum Gasteiger partial charge on any atom is -0.463 e. The first-order chi connectivity index (χ1) is 14.9. The second kappa shape index (κ2) is 8.43. The molecule has 3 aromatic heterocycles. The van der Waals surface area contributed by atoms with Crippen LogP contribution in [0.3, 0.4) is 0 Å². The number of nitrogens with zero attached hydrogens (tertiary/aromatic N) is 3. The molecular weight excluding hydrogens is 394 g/mol. The van der Waals surface area contributed by atoms with Gasteiger partial charge in [0.05, 0.1) is 23.0 Å². The fourth-order valence-electron chi connectivity index (χ4n) is 3.59. The Morgan fingerprint density at radius 1 is 1.10 bits per heavy atom. The van der Waals surface area contributed by atoms with Gasteiger partial charge in [-0.3, -0.25) is 25.1 Å². The molecule has 2 N–H and O–H groups in total. The predicted molar refractivity (Wildman–Crippen MR) is 116 cm³/mol. The van der Waals surface area contributed by atoms with E-state index in [1.807, 2.05) is 45.2 Å². The Kier molecular flexibility index (Phi) is 5.53. The molecule has 0 saturated heterocycles. The number of pyridine rings is 1. The van der Waals surface area contributed by atoms with Crippen LogP contribution in [0.1, 0.15) is 33.7 Å². The summed E-state index contributed by atoms with van der Waals surface area (Å²) in [6.07, 6.45) is 2.34. The Bertz CT molecular complexity index is 1260. The van der Waals surface area contributed by atoms with E-state index in [0.29, 0.717) is 34.3 Å². The van der Waals surface area contributed by atoms with Gasteiger partial charge in [-0.05, 0) is 50.1 Å². The van der Waals surface area contributed by atoms with Gasteiger partial charge in [0.2, 0.25) is 5.91 Å². The first kappa shape index (κ1) is 20.3. The van der Waals surface area contributed by atoms with Crippen LogP contribution in [0, 0.1) is 13.8 Å². The summed E-state index contributed by atoms with van der Waals surface area (Å²) < 4.78 is 7.23. The van der Waals surface area contributed by atoms with Gasteiger partial charge in [0, 0.05) is 24.5 Å². The molecule has 0 saturated carbocycles. The van der Waals surface area contributed by atoms with Gasteiger partial charge >= 0.3 is 0 Å². The van der Waals surface area contributed by atoms with Crippen molar-refractivity contribution in [2.24, 2.45) is 7.05 Å². The molecule has 0 aliphatic rings. The highest BCUT2D eigenvalue weighted by Crippen LogP contribution is 2.25. The third kappa shape index (κ3) is 4.18. The Morgan fingerprint density at radius 2 is 1.90 bits per heavy atom. The summed E-state index contributed by atoms with van der Waals surface area (Å²) in [5.74, 6) is -0.139. The number of para-hydroxylation sites is 1. The van der Waals surface area contributed by atoms with Gasteiger partial charge in [-0.2, -0.15) is 5.10 Å². The second-order valence-electron chi connectivity index (χ2n) is 7.32. The lowest BCUT2D eigenvalue weighted by Gasteiger charge is -2.11. The van der Waals surface area contributed by atoms with Crippen LogP contribution in [-0.2, 0) is 18.3 Å². The number of furan rings is 1. The average Bonchev–Trinajstić information content (AvgIpc) is 3.39. The zero-order valence-corrected chi connectivity index (χ0v) is 17.6. The Labute approximate surface area is 179 Å². The smallest absolute Gasteiger partial charge is 0.270 e. The summed E-state index contributed by atoms with van der Waals surface area (Å²) in [4.78, 5) is 29.8. The SMILES string of the molecule is Cc1nn(C)c(C)c1CCC(=O)NNC(=O)c1cc(-c2ccco2)nc2ccccc12. The molecule has 0 fully saturated rings. The average molecular weight is 417 g/mol. The summed E-state index contributed by atoms with van der Waals surface area (Å²) in [7, 11) is 1.88. The minimum atomic E-state index is -0.423. The van der Waals surface area contributed by atoms with Crippen LogP contribution < -0.4 is 10.9 Å². The first-order valence-electron chi connectivity index (χ1n) is 9.96. The van der Waals surface area contributed by atoms with E-state index in [-0.39, 0.29) is 12.3 Å². The Balaban J connectivity index is 1.47. The fourth-order valence-corrected chi connectivity index (χ4v) is 3.59. The largest absolute Gasteiger partial charge is 0.463 e. The third-order valence-corrected chi connectivity index (χ3v) is 5.31. The van der Waals surface area contributed by atoms with Crippen LogP contribution in [0.2, 0.25) is 0 Å². The quantitative estimate of drug-likeness (QED) is 0.486. The highest BCUT2D eigenvalue weighted by atomic mass is 16.3. The molecule has 3 heterocycles. The molecule has 0 aliphatic carbocycles. The van der Waals surface area contributed by atoms with E-state index in [0.717, 1.165) is 17.0 Å². The molecule has 0 bridgehead atoms. The van der Waals surface area contributed by atoms with Crippen LogP contribution in [0.25, 0.3) is 22.4 Å². The standard InChI is InChI=1S/C23H23N5O3/c1-14-16(15(2)28(3)27-14)10-11-22(29)25-26-23(30)18-13-20(21-9-6-12-31-21)24-19-8-5-4-7-17(18)19/h4-9,12-13H,10-11H2,1-3H3,(H,25,29)(H,26,30). The zero-order chi connectivity index (χ0) is 22.0. The van der Waals surface area contributed by atoms with E-state index < -0.39 is 5.91 Å². The molecular formula is C23H23N5O3. The molecule has 0 aliphatic heterocycles. The van der Waals surface area contributed by atoms with E-state index in [1.165, 1.54) is 0 Å². The lowest BCUT2D eigenvalue weighted by Crippen LogP contribution is -2.41. The summed E-state index contributed by atoms with van der Waals surface area (Å²) in [5.41, 5.74) is 9.62. The van der Waals surface area contributed by atoms with Crippen molar-refractivity contribution in [1.29, 1.82) is 0 Å². The van der Waals surface area contributed by atoms with Crippen LogP contribution >= 0.6 is 0 Å². The Morgan fingerprint density at radius 3 is 2.61 bits per heavy atom. The number of fused-ring (bicyclic) bond motifs is 1. The van der Waals surface area contributed by atoms with Crippen molar-refractivity contribution >= 4 is 22.7 Å². The number of rotatable bonds is 5. The molecule has 2 amide bonds. The van der Waals surface area contributed by atoms with E-state index in [4.69, 9.17) is 4.42 Å². The summed E-state index contributed by atoms with van der Waals surface area (Å²) >= 11 is 0. The maximum absolute atomic E-state index is 12.9. The third-order valence-electron chi connectivity index (χ3n) is 5.31. The van der Waals surface area contributed by atoms with Gasteiger partial charge in [0.25, 0.3) is 5.91 Å². The predicted octanol–water partition coefficient (Wildman–Crippen LogP) is 3.24. The zero-order valence-electron chi connectivity index (χ0n) is 17.6. The van der Waals surface area contributed by atoms with Crippen molar-refractivity contribution in [3.05, 3.63) is 71.2 Å². The van der Waals surface area contributed by atoms with Gasteiger partial charge in [0.1, 0.15) is 5.69 Å². The van der Waals surface area contributed by atoms with Crippen molar-refractivity contribution < 1.29 is 14.0 Å². The van der Waals surface area contributed by atoms with Gasteiger partial charge < -0.3 is 4.42 Å². The van der Waals surface area contributed by atoms with Gasteiger partial charge in [-0.25, -0.2) is 4.98 Å². The number of carbonyl (C=O) groups is 2. The van der Waals surface area contributed by atoms with Crippen molar-refractivity contribution in [1.82, 2.24) is 25.6 Å². The van der Waals surface area contributed by atoms with Crippen molar-refractivity contribution in [2.75, 3.05) is 0 Å². The van der Waals surface area contributed by atoms with Crippen LogP contribution in [0.4, 0.5) is 0 Å². The fraction of sp³-hybridized carbons (Fsp3) is 0.217. The van der Waals surface area contributed by atoms with Gasteiger partial charge in [0.15, 0.2) is 5.76 Å². The maximum Gasteiger partial charge on any atom is 0.270 e. The molecule has 4 aromatic rings. The first-order valence-corrected chi connectivity index (χ1v) is 9.96. The van der Waals surface area contributed by atoms with Crippen molar-refractivity contribution in [2.45, 2.75) is 26.7 Å². The number of amides is 2. The molecule has 0 unspecified atom stereocenters. The summed E-state index contributed by atoms with van der Waals surface area (Å²) in [5, 5.41) is 5.05. The number of hydrogen-bond acceptors (Lipinski definition) is 5. The van der Waals surface area contributed by atoms with Crippen molar-refractivity contribution in [3.8, 4) is 11.5 Å². The highest BCUT2D eigenvalue weighted by Gasteiger charge is 2.16. The van der Waals surface area contributed by atoms with E-state index in [1.54, 1.807) is 29.1 Å². The van der Waals surface area contributed by atoms with E-state index >= 15 is 0 Å². The van der Waals surface area contributed by atoms with Crippen LogP contribution in [0.5, 0.6) is 0 Å². The van der Waals surface area contributed by atoms with E-state index in [9.17, 15) is 9.59 Å². The number of benzene rings is 1. The summed E-state index contributed by atoms with van der Waals surface area (Å²) in [6.45, 7) is 3.90. The number of hydrazine groups is 1. The second-order valence-corrected chi connectivity index (χ2v) is 7.32. The molecule has 4 rings (SSSR count). The summed E-state index contributed by atoms with van der Waals surface area (Å²) in [6, 6.07) is 12.5. The lowest BCUT2D eigenvalue weighted by molar-refractivity contribution is -0.121. The van der Waals surface area contributed by atoms with Crippen molar-refractivity contribution in [3.63, 3.8) is 0 Å². The number of carbonyl (C=O) groups excluding carboxylic acids is 2. The Hall–Kier alpha value is -3.94.